The fourth-order valence-corrected chi connectivity index (χ4v) is 2.27. The minimum atomic E-state index is 0.287. The highest BCUT2D eigenvalue weighted by Crippen LogP contribution is 2.29. The molecule has 2 N–H and O–H groups in total. The average Bonchev–Trinajstić information content (AvgIpc) is 2.83. The molecule has 0 spiro atoms. The van der Waals surface area contributed by atoms with Crippen LogP contribution in [0.15, 0.2) is 60.7 Å². The third kappa shape index (κ3) is 2.25. The summed E-state index contributed by atoms with van der Waals surface area (Å²) in [4.78, 5) is 3.40. The van der Waals surface area contributed by atoms with Crippen molar-refractivity contribution in [2.75, 3.05) is 0 Å². The van der Waals surface area contributed by atoms with Crippen molar-refractivity contribution >= 4 is 0 Å². The Morgan fingerprint density at radius 2 is 1.53 bits per heavy atom. The normalized spacial score (nSPS) is 10.6. The van der Waals surface area contributed by atoms with Gasteiger partial charge in [-0.1, -0.05) is 30.3 Å². The highest BCUT2D eigenvalue weighted by Gasteiger charge is 2.08. The summed E-state index contributed by atoms with van der Waals surface area (Å²) in [7, 11) is 0. The molecule has 1 heterocycles. The Balaban J connectivity index is 2.04. The summed E-state index contributed by atoms with van der Waals surface area (Å²) in [5.74, 6) is 0.287. The van der Waals surface area contributed by atoms with E-state index in [1.54, 1.807) is 12.1 Å². The topological polar surface area (TPSA) is 36.0 Å². The lowest BCUT2D eigenvalue weighted by atomic mass is 10.1. The highest BCUT2D eigenvalue weighted by atomic mass is 16.3. The summed E-state index contributed by atoms with van der Waals surface area (Å²) in [6.45, 7) is 2.08. The molecule has 3 aromatic rings. The van der Waals surface area contributed by atoms with Gasteiger partial charge in [-0.15, -0.1) is 0 Å². The molecule has 94 valence electrons. The number of aromatic nitrogens is 1. The number of benzene rings is 2. The number of hydrogen-bond acceptors (Lipinski definition) is 1. The van der Waals surface area contributed by atoms with Gasteiger partial charge < -0.3 is 10.1 Å². The first-order valence-electron chi connectivity index (χ1n) is 6.28. The van der Waals surface area contributed by atoms with Crippen molar-refractivity contribution in [2.45, 2.75) is 6.92 Å². The molecule has 2 heteroatoms. The number of nitrogens with one attached hydrogen (secondary N) is 1. The van der Waals surface area contributed by atoms with Gasteiger partial charge in [0, 0.05) is 17.0 Å². The van der Waals surface area contributed by atoms with Gasteiger partial charge in [-0.3, -0.25) is 0 Å². The Bertz CT molecular complexity index is 681. The third-order valence-corrected chi connectivity index (χ3v) is 3.28. The molecule has 0 bridgehead atoms. The summed E-state index contributed by atoms with van der Waals surface area (Å²) in [5, 5.41) is 9.33. The van der Waals surface area contributed by atoms with Gasteiger partial charge >= 0.3 is 0 Å². The molecular weight excluding hydrogens is 234 g/mol. The predicted molar refractivity (Wildman–Crippen MR) is 78.1 cm³/mol. The number of hydrogen-bond donors (Lipinski definition) is 2. The molecule has 0 atom stereocenters. The second-order valence-electron chi connectivity index (χ2n) is 4.63. The van der Waals surface area contributed by atoms with Crippen LogP contribution in [0.4, 0.5) is 0 Å². The molecule has 0 radical (unpaired) electrons. The number of phenols is 1. The van der Waals surface area contributed by atoms with Gasteiger partial charge in [0.05, 0.1) is 0 Å². The minimum absolute atomic E-state index is 0.287. The van der Waals surface area contributed by atoms with Crippen molar-refractivity contribution in [3.63, 3.8) is 0 Å². The molecule has 0 aliphatic heterocycles. The van der Waals surface area contributed by atoms with Crippen molar-refractivity contribution < 1.29 is 5.11 Å². The van der Waals surface area contributed by atoms with Crippen molar-refractivity contribution in [3.8, 4) is 28.1 Å². The Kier molecular flexibility index (Phi) is 2.84. The Hall–Kier alpha value is -2.48. The molecule has 2 aromatic carbocycles. The summed E-state index contributed by atoms with van der Waals surface area (Å²) >= 11 is 0. The van der Waals surface area contributed by atoms with E-state index in [-0.39, 0.29) is 5.75 Å². The van der Waals surface area contributed by atoms with Crippen molar-refractivity contribution in [3.05, 3.63) is 66.4 Å². The van der Waals surface area contributed by atoms with Gasteiger partial charge in [0.1, 0.15) is 5.75 Å². The van der Waals surface area contributed by atoms with E-state index >= 15 is 0 Å². The van der Waals surface area contributed by atoms with E-state index < -0.39 is 0 Å². The number of aryl methyl sites for hydroxylation is 1. The smallest absolute Gasteiger partial charge is 0.115 e. The zero-order valence-electron chi connectivity index (χ0n) is 10.7. The van der Waals surface area contributed by atoms with E-state index in [0.29, 0.717) is 0 Å². The molecule has 0 saturated heterocycles. The van der Waals surface area contributed by atoms with Crippen LogP contribution < -0.4 is 0 Å². The SMILES string of the molecule is Cc1[nH]c(-c2ccc(O)cc2)cc1-c1ccccc1. The van der Waals surface area contributed by atoms with E-state index in [1.807, 2.05) is 30.3 Å². The van der Waals surface area contributed by atoms with E-state index in [9.17, 15) is 5.11 Å². The maximum atomic E-state index is 9.33. The highest BCUT2D eigenvalue weighted by molar-refractivity contribution is 5.74. The van der Waals surface area contributed by atoms with Crippen LogP contribution in [-0.4, -0.2) is 10.1 Å². The van der Waals surface area contributed by atoms with Crippen LogP contribution in [0.2, 0.25) is 0 Å². The van der Waals surface area contributed by atoms with E-state index in [2.05, 4.69) is 30.1 Å². The second kappa shape index (κ2) is 4.65. The first-order chi connectivity index (χ1) is 9.24. The monoisotopic (exact) mass is 249 g/mol. The van der Waals surface area contributed by atoms with E-state index in [0.717, 1.165) is 17.0 Å². The van der Waals surface area contributed by atoms with Crippen LogP contribution in [-0.2, 0) is 0 Å². The van der Waals surface area contributed by atoms with Crippen LogP contribution in [0.1, 0.15) is 5.69 Å². The zero-order valence-corrected chi connectivity index (χ0v) is 10.7. The van der Waals surface area contributed by atoms with Gasteiger partial charge in [0.15, 0.2) is 0 Å². The molecule has 1 aromatic heterocycles. The van der Waals surface area contributed by atoms with Crippen LogP contribution in [0, 0.1) is 6.92 Å². The average molecular weight is 249 g/mol. The Labute approximate surface area is 112 Å². The molecule has 0 saturated carbocycles. The van der Waals surface area contributed by atoms with Crippen molar-refractivity contribution in [2.24, 2.45) is 0 Å². The molecule has 0 amide bonds. The fourth-order valence-electron chi connectivity index (χ4n) is 2.27. The summed E-state index contributed by atoms with van der Waals surface area (Å²) in [5.41, 5.74) is 5.71. The maximum Gasteiger partial charge on any atom is 0.115 e. The molecular formula is C17H15NO. The van der Waals surface area contributed by atoms with Crippen LogP contribution >= 0.6 is 0 Å². The number of H-pyrrole nitrogens is 1. The van der Waals surface area contributed by atoms with Gasteiger partial charge in [0.25, 0.3) is 0 Å². The lowest BCUT2D eigenvalue weighted by Gasteiger charge is -1.98. The van der Waals surface area contributed by atoms with Crippen molar-refractivity contribution in [1.29, 1.82) is 0 Å². The minimum Gasteiger partial charge on any atom is -0.508 e. The fraction of sp³-hybridized carbons (Fsp3) is 0.0588. The Morgan fingerprint density at radius 1 is 0.842 bits per heavy atom. The van der Waals surface area contributed by atoms with Gasteiger partial charge in [-0.2, -0.15) is 0 Å². The maximum absolute atomic E-state index is 9.33. The second-order valence-corrected chi connectivity index (χ2v) is 4.63. The largest absolute Gasteiger partial charge is 0.508 e. The summed E-state index contributed by atoms with van der Waals surface area (Å²) in [6, 6.07) is 19.7. The molecule has 0 aliphatic rings. The van der Waals surface area contributed by atoms with Gasteiger partial charge in [0.2, 0.25) is 0 Å². The van der Waals surface area contributed by atoms with Crippen LogP contribution in [0.25, 0.3) is 22.4 Å². The molecule has 19 heavy (non-hydrogen) atoms. The number of phenolic OH excluding ortho intramolecular Hbond substituents is 1. The molecule has 0 fully saturated rings. The predicted octanol–water partition coefficient (Wildman–Crippen LogP) is 4.36. The standard InChI is InChI=1S/C17H15NO/c1-12-16(13-5-3-2-4-6-13)11-17(18-12)14-7-9-15(19)10-8-14/h2-11,18-19H,1H3. The lowest BCUT2D eigenvalue weighted by molar-refractivity contribution is 0.475. The van der Waals surface area contributed by atoms with Crippen LogP contribution in [0.3, 0.4) is 0 Å². The zero-order chi connectivity index (χ0) is 13.2. The Morgan fingerprint density at radius 3 is 2.21 bits per heavy atom. The van der Waals surface area contributed by atoms with E-state index in [1.165, 1.54) is 11.1 Å². The first kappa shape index (κ1) is 11.6. The lowest BCUT2D eigenvalue weighted by Crippen LogP contribution is -1.78. The van der Waals surface area contributed by atoms with Gasteiger partial charge in [-0.05, 0) is 48.4 Å². The van der Waals surface area contributed by atoms with E-state index in [4.69, 9.17) is 0 Å². The first-order valence-corrected chi connectivity index (χ1v) is 6.28. The molecule has 0 aliphatic carbocycles. The van der Waals surface area contributed by atoms with Crippen LogP contribution in [0.5, 0.6) is 5.75 Å². The molecule has 3 rings (SSSR count). The number of aromatic hydroxyl groups is 1. The quantitative estimate of drug-likeness (QED) is 0.695. The third-order valence-electron chi connectivity index (χ3n) is 3.28. The van der Waals surface area contributed by atoms with Crippen molar-refractivity contribution in [1.82, 2.24) is 4.98 Å². The molecule has 2 nitrogen and oxygen atoms in total. The summed E-state index contributed by atoms with van der Waals surface area (Å²) in [6.07, 6.45) is 0. The molecule has 0 unspecified atom stereocenters. The van der Waals surface area contributed by atoms with Gasteiger partial charge in [-0.25, -0.2) is 0 Å². The number of aromatic amines is 1. The summed E-state index contributed by atoms with van der Waals surface area (Å²) < 4.78 is 0. The number of rotatable bonds is 2.